The van der Waals surface area contributed by atoms with Crippen molar-refractivity contribution in [3.63, 3.8) is 0 Å². The Hall–Kier alpha value is -1.69. The largest absolute Gasteiger partial charge is 0.393 e. The predicted octanol–water partition coefficient (Wildman–Crippen LogP) is 0.722. The van der Waals surface area contributed by atoms with Crippen LogP contribution in [-0.4, -0.2) is 43.9 Å². The second kappa shape index (κ2) is 4.53. The van der Waals surface area contributed by atoms with Crippen molar-refractivity contribution in [3.05, 3.63) is 18.7 Å². The van der Waals surface area contributed by atoms with E-state index < -0.39 is 0 Å². The molecular formula is C12H17N5O. The van der Waals surface area contributed by atoms with E-state index in [1.165, 1.54) is 0 Å². The van der Waals surface area contributed by atoms with Crippen LogP contribution in [0.25, 0.3) is 5.65 Å². The summed E-state index contributed by atoms with van der Waals surface area (Å²) in [5.74, 6) is 1.29. The van der Waals surface area contributed by atoms with Gasteiger partial charge in [0.2, 0.25) is 5.65 Å². The molecule has 0 amide bonds. The number of piperidine rings is 1. The summed E-state index contributed by atoms with van der Waals surface area (Å²) in [4.78, 5) is 6.64. The normalized spacial score (nSPS) is 19.3. The van der Waals surface area contributed by atoms with E-state index in [4.69, 9.17) is 0 Å². The van der Waals surface area contributed by atoms with Crippen LogP contribution < -0.4 is 4.90 Å². The van der Waals surface area contributed by atoms with E-state index in [9.17, 15) is 5.11 Å². The maximum atomic E-state index is 9.61. The topological polar surface area (TPSA) is 66.5 Å². The molecule has 1 N–H and O–H groups in total. The summed E-state index contributed by atoms with van der Waals surface area (Å²) < 4.78 is 1.88. The molecule has 18 heavy (non-hydrogen) atoms. The summed E-state index contributed by atoms with van der Waals surface area (Å²) in [6.07, 6.45) is 7.07. The van der Waals surface area contributed by atoms with Gasteiger partial charge >= 0.3 is 0 Å². The zero-order valence-corrected chi connectivity index (χ0v) is 10.4. The number of anilines is 1. The van der Waals surface area contributed by atoms with Crippen LogP contribution >= 0.6 is 0 Å². The van der Waals surface area contributed by atoms with Gasteiger partial charge in [0, 0.05) is 25.5 Å². The molecule has 1 atom stereocenters. The first kappa shape index (κ1) is 11.4. The van der Waals surface area contributed by atoms with Gasteiger partial charge in [0.25, 0.3) is 0 Å². The van der Waals surface area contributed by atoms with Gasteiger partial charge in [-0.05, 0) is 25.7 Å². The van der Waals surface area contributed by atoms with E-state index in [2.05, 4.69) is 20.1 Å². The van der Waals surface area contributed by atoms with Crippen molar-refractivity contribution in [2.45, 2.75) is 25.9 Å². The summed E-state index contributed by atoms with van der Waals surface area (Å²) in [5.41, 5.74) is 0.799. The maximum absolute atomic E-state index is 9.61. The van der Waals surface area contributed by atoms with Crippen LogP contribution in [0.2, 0.25) is 0 Å². The van der Waals surface area contributed by atoms with E-state index in [0.29, 0.717) is 5.92 Å². The fourth-order valence-corrected chi connectivity index (χ4v) is 2.56. The number of nitrogens with zero attached hydrogens (tertiary/aromatic N) is 5. The quantitative estimate of drug-likeness (QED) is 0.847. The van der Waals surface area contributed by atoms with Crippen LogP contribution in [-0.2, 0) is 0 Å². The summed E-state index contributed by atoms with van der Waals surface area (Å²) in [6.45, 7) is 3.70. The molecule has 0 aliphatic carbocycles. The van der Waals surface area contributed by atoms with E-state index in [0.717, 1.165) is 37.4 Å². The molecule has 3 heterocycles. The zero-order valence-electron chi connectivity index (χ0n) is 10.4. The minimum Gasteiger partial charge on any atom is -0.393 e. The second-order valence-electron chi connectivity index (χ2n) is 4.88. The number of hydrogen-bond acceptors (Lipinski definition) is 5. The zero-order chi connectivity index (χ0) is 12.5. The molecule has 2 aromatic heterocycles. The lowest BCUT2D eigenvalue weighted by atomic mass is 9.92. The number of aliphatic hydroxyl groups excluding tert-OH is 1. The molecule has 0 saturated carbocycles. The Morgan fingerprint density at radius 2 is 2.17 bits per heavy atom. The van der Waals surface area contributed by atoms with Gasteiger partial charge in [-0.15, -0.1) is 10.2 Å². The second-order valence-corrected chi connectivity index (χ2v) is 4.88. The molecule has 1 saturated heterocycles. The average Bonchev–Trinajstić information content (AvgIpc) is 2.87. The van der Waals surface area contributed by atoms with Crippen molar-refractivity contribution >= 4 is 11.5 Å². The van der Waals surface area contributed by atoms with Crippen molar-refractivity contribution < 1.29 is 5.11 Å². The Balaban J connectivity index is 1.82. The maximum Gasteiger partial charge on any atom is 0.203 e. The van der Waals surface area contributed by atoms with Gasteiger partial charge in [0.15, 0.2) is 5.82 Å². The Morgan fingerprint density at radius 3 is 2.89 bits per heavy atom. The van der Waals surface area contributed by atoms with Crippen molar-refractivity contribution in [1.82, 2.24) is 19.6 Å². The molecule has 2 aromatic rings. The fourth-order valence-electron chi connectivity index (χ4n) is 2.56. The third-order valence-corrected chi connectivity index (χ3v) is 3.72. The number of hydrogen-bond donors (Lipinski definition) is 1. The highest BCUT2D eigenvalue weighted by Gasteiger charge is 2.24. The molecule has 0 bridgehead atoms. The molecule has 96 valence electrons. The first-order chi connectivity index (χ1) is 8.75. The van der Waals surface area contributed by atoms with Gasteiger partial charge in [-0.25, -0.2) is 4.98 Å². The lowest BCUT2D eigenvalue weighted by Gasteiger charge is -2.33. The molecule has 0 aromatic carbocycles. The van der Waals surface area contributed by atoms with E-state index >= 15 is 0 Å². The smallest absolute Gasteiger partial charge is 0.203 e. The molecule has 0 spiro atoms. The summed E-state index contributed by atoms with van der Waals surface area (Å²) in [7, 11) is 0. The molecule has 6 nitrogen and oxygen atoms in total. The predicted molar refractivity (Wildman–Crippen MR) is 67.4 cm³/mol. The van der Waals surface area contributed by atoms with E-state index in [1.807, 2.05) is 17.5 Å². The van der Waals surface area contributed by atoms with Gasteiger partial charge in [-0.1, -0.05) is 0 Å². The molecule has 1 aliphatic heterocycles. The summed E-state index contributed by atoms with van der Waals surface area (Å²) in [5, 5.41) is 17.6. The van der Waals surface area contributed by atoms with Crippen molar-refractivity contribution in [2.75, 3.05) is 18.0 Å². The Kier molecular flexibility index (Phi) is 2.87. The van der Waals surface area contributed by atoms with Gasteiger partial charge in [0.05, 0.1) is 6.10 Å². The van der Waals surface area contributed by atoms with Crippen molar-refractivity contribution in [3.8, 4) is 0 Å². The molecule has 1 fully saturated rings. The van der Waals surface area contributed by atoms with Gasteiger partial charge < -0.3 is 10.0 Å². The molecular weight excluding hydrogens is 230 g/mol. The van der Waals surface area contributed by atoms with E-state index in [-0.39, 0.29) is 6.10 Å². The number of aliphatic hydroxyl groups is 1. The molecule has 1 aliphatic rings. The SMILES string of the molecule is CC(O)C1CCN(c2nccn3cnnc23)CC1. The molecule has 0 radical (unpaired) electrons. The van der Waals surface area contributed by atoms with Crippen LogP contribution in [0.1, 0.15) is 19.8 Å². The highest BCUT2D eigenvalue weighted by molar-refractivity contribution is 5.63. The third kappa shape index (κ3) is 1.92. The Morgan fingerprint density at radius 1 is 1.39 bits per heavy atom. The molecule has 1 unspecified atom stereocenters. The minimum absolute atomic E-state index is 0.219. The van der Waals surface area contributed by atoms with Gasteiger partial charge in [-0.2, -0.15) is 0 Å². The molecule has 3 rings (SSSR count). The Bertz CT molecular complexity index is 530. The Labute approximate surface area is 105 Å². The minimum atomic E-state index is -0.219. The lowest BCUT2D eigenvalue weighted by Crippen LogP contribution is -2.37. The van der Waals surface area contributed by atoms with Crippen LogP contribution in [0.5, 0.6) is 0 Å². The van der Waals surface area contributed by atoms with Crippen LogP contribution in [0.4, 0.5) is 5.82 Å². The third-order valence-electron chi connectivity index (χ3n) is 3.72. The number of fused-ring (bicyclic) bond motifs is 1. The number of aromatic nitrogens is 4. The standard InChI is InChI=1S/C12H17N5O/c1-9(18)10-2-5-16(6-3-10)11-12-15-14-8-17(12)7-4-13-11/h4,7-10,18H,2-3,5-6H2,1H3. The monoisotopic (exact) mass is 247 g/mol. The fraction of sp³-hybridized carbons (Fsp3) is 0.583. The average molecular weight is 247 g/mol. The number of rotatable bonds is 2. The highest BCUT2D eigenvalue weighted by atomic mass is 16.3. The summed E-state index contributed by atoms with van der Waals surface area (Å²) >= 11 is 0. The lowest BCUT2D eigenvalue weighted by molar-refractivity contribution is 0.110. The van der Waals surface area contributed by atoms with E-state index in [1.54, 1.807) is 12.5 Å². The first-order valence-electron chi connectivity index (χ1n) is 6.33. The molecule has 6 heteroatoms. The van der Waals surface area contributed by atoms with Crippen molar-refractivity contribution in [1.29, 1.82) is 0 Å². The van der Waals surface area contributed by atoms with Gasteiger partial charge in [0.1, 0.15) is 6.33 Å². The summed E-state index contributed by atoms with van der Waals surface area (Å²) in [6, 6.07) is 0. The first-order valence-corrected chi connectivity index (χ1v) is 6.33. The van der Waals surface area contributed by atoms with Gasteiger partial charge in [-0.3, -0.25) is 4.40 Å². The highest BCUT2D eigenvalue weighted by Crippen LogP contribution is 2.25. The van der Waals surface area contributed by atoms with Crippen LogP contribution in [0.3, 0.4) is 0 Å². The van der Waals surface area contributed by atoms with Crippen LogP contribution in [0.15, 0.2) is 18.7 Å². The van der Waals surface area contributed by atoms with Crippen molar-refractivity contribution in [2.24, 2.45) is 5.92 Å². The van der Waals surface area contributed by atoms with Crippen LogP contribution in [0, 0.1) is 5.92 Å².